The summed E-state index contributed by atoms with van der Waals surface area (Å²) in [6, 6.07) is 1.55. The maximum atomic E-state index is 12.7. The highest BCUT2D eigenvalue weighted by molar-refractivity contribution is 5.92. The highest BCUT2D eigenvalue weighted by atomic mass is 16.5. The number of hydrogen-bond acceptors (Lipinski definition) is 5. The van der Waals surface area contributed by atoms with Crippen LogP contribution in [0.2, 0.25) is 0 Å². The van der Waals surface area contributed by atoms with E-state index >= 15 is 0 Å². The summed E-state index contributed by atoms with van der Waals surface area (Å²) in [4.78, 5) is 25.7. The highest BCUT2D eigenvalue weighted by Crippen LogP contribution is 2.29. The fraction of sp³-hybridized carbons (Fsp3) is 0.529. The lowest BCUT2D eigenvalue weighted by atomic mass is 9.91. The predicted molar refractivity (Wildman–Crippen MR) is 88.5 cm³/mol. The molecular formula is C17H23N5O2. The Kier molecular flexibility index (Phi) is 4.89. The Hall–Kier alpha value is -2.28. The number of nitrogens with zero attached hydrogens (tertiary/aromatic N) is 4. The monoisotopic (exact) mass is 329 g/mol. The smallest absolute Gasteiger partial charge is 0.270 e. The van der Waals surface area contributed by atoms with Gasteiger partial charge in [-0.1, -0.05) is 0 Å². The van der Waals surface area contributed by atoms with Crippen LogP contribution in [0, 0.1) is 19.8 Å². The predicted octanol–water partition coefficient (Wildman–Crippen LogP) is 1.72. The molecule has 1 saturated heterocycles. The van der Waals surface area contributed by atoms with E-state index in [1.54, 1.807) is 19.2 Å². The summed E-state index contributed by atoms with van der Waals surface area (Å²) in [6.07, 6.45) is 5.46. The van der Waals surface area contributed by atoms with Crippen LogP contribution in [0.15, 0.2) is 18.5 Å². The number of imidazole rings is 1. The third-order valence-corrected chi connectivity index (χ3v) is 4.36. The van der Waals surface area contributed by atoms with Crippen molar-refractivity contribution in [3.63, 3.8) is 0 Å². The van der Waals surface area contributed by atoms with Crippen LogP contribution in [-0.4, -0.2) is 38.6 Å². The first-order chi connectivity index (χ1) is 11.5. The van der Waals surface area contributed by atoms with Crippen molar-refractivity contribution in [1.29, 1.82) is 0 Å². The third-order valence-electron chi connectivity index (χ3n) is 4.36. The molecule has 1 N–H and O–H groups in total. The van der Waals surface area contributed by atoms with Crippen molar-refractivity contribution in [2.45, 2.75) is 32.7 Å². The lowest BCUT2D eigenvalue weighted by Crippen LogP contribution is -2.38. The molecule has 0 aromatic carbocycles. The van der Waals surface area contributed by atoms with Crippen LogP contribution in [0.4, 0.5) is 0 Å². The molecule has 0 radical (unpaired) electrons. The van der Waals surface area contributed by atoms with Gasteiger partial charge in [-0.25, -0.2) is 15.0 Å². The normalized spacial score (nSPS) is 16.8. The molecule has 2 aromatic rings. The minimum absolute atomic E-state index is 0.156. The molecule has 0 aliphatic carbocycles. The molecule has 128 valence electrons. The molecule has 24 heavy (non-hydrogen) atoms. The second kappa shape index (κ2) is 7.09. The number of carbonyl (C=O) groups excluding carboxylic acids is 1. The van der Waals surface area contributed by atoms with E-state index in [2.05, 4.69) is 20.3 Å². The maximum Gasteiger partial charge on any atom is 0.270 e. The number of nitrogens with one attached hydrogen (secondary N) is 1. The van der Waals surface area contributed by atoms with Crippen LogP contribution in [0.5, 0.6) is 0 Å². The zero-order chi connectivity index (χ0) is 17.1. The number of amides is 1. The maximum absolute atomic E-state index is 12.7. The first-order valence-corrected chi connectivity index (χ1v) is 8.22. The van der Waals surface area contributed by atoms with E-state index in [1.807, 2.05) is 24.7 Å². The summed E-state index contributed by atoms with van der Waals surface area (Å²) in [5, 5.41) is 3.13. The fourth-order valence-corrected chi connectivity index (χ4v) is 3.17. The number of rotatable bonds is 4. The van der Waals surface area contributed by atoms with Gasteiger partial charge in [0.2, 0.25) is 0 Å². The third kappa shape index (κ3) is 3.62. The number of aromatic nitrogens is 4. The molecule has 1 fully saturated rings. The van der Waals surface area contributed by atoms with Gasteiger partial charge in [0.15, 0.2) is 0 Å². The van der Waals surface area contributed by atoms with E-state index in [0.717, 1.165) is 24.4 Å². The lowest BCUT2D eigenvalue weighted by Gasteiger charge is -2.30. The van der Waals surface area contributed by atoms with E-state index in [1.165, 1.54) is 0 Å². The van der Waals surface area contributed by atoms with Crippen LogP contribution in [-0.2, 0) is 11.8 Å². The van der Waals surface area contributed by atoms with Crippen LogP contribution >= 0.6 is 0 Å². The van der Waals surface area contributed by atoms with E-state index in [9.17, 15) is 4.79 Å². The van der Waals surface area contributed by atoms with Gasteiger partial charge in [0, 0.05) is 38.3 Å². The van der Waals surface area contributed by atoms with Crippen molar-refractivity contribution in [1.82, 2.24) is 24.8 Å². The summed E-state index contributed by atoms with van der Waals surface area (Å²) in [7, 11) is 1.94. The summed E-state index contributed by atoms with van der Waals surface area (Å²) in [5.74, 6) is 1.56. The molecule has 7 nitrogen and oxygen atoms in total. The van der Waals surface area contributed by atoms with E-state index in [0.29, 0.717) is 30.7 Å². The Morgan fingerprint density at radius 3 is 2.71 bits per heavy atom. The topological polar surface area (TPSA) is 81.9 Å². The lowest BCUT2D eigenvalue weighted by molar-refractivity contribution is 0.0498. The molecule has 0 spiro atoms. The average Bonchev–Trinajstić information content (AvgIpc) is 2.98. The van der Waals surface area contributed by atoms with Crippen LogP contribution in [0.1, 0.15) is 46.7 Å². The second-order valence-corrected chi connectivity index (χ2v) is 6.24. The molecule has 0 saturated carbocycles. The van der Waals surface area contributed by atoms with Crippen molar-refractivity contribution in [3.05, 3.63) is 41.5 Å². The minimum atomic E-state index is -0.192. The molecule has 1 atom stereocenters. The quantitative estimate of drug-likeness (QED) is 0.924. The first-order valence-electron chi connectivity index (χ1n) is 8.22. The summed E-state index contributed by atoms with van der Waals surface area (Å²) in [6.45, 7) is 5.08. The van der Waals surface area contributed by atoms with Gasteiger partial charge in [0.1, 0.15) is 17.3 Å². The molecule has 3 rings (SSSR count). The number of aryl methyl sites for hydroxylation is 3. The Bertz CT molecular complexity index is 701. The Labute approximate surface area is 141 Å². The SMILES string of the molecule is Cc1cc(C(=O)N[C@H](c2nccn2C)C2CCOCC2)nc(C)n1. The minimum Gasteiger partial charge on any atom is -0.381 e. The van der Waals surface area contributed by atoms with Gasteiger partial charge in [-0.3, -0.25) is 4.79 Å². The van der Waals surface area contributed by atoms with Gasteiger partial charge in [0.05, 0.1) is 6.04 Å². The fourth-order valence-electron chi connectivity index (χ4n) is 3.17. The molecule has 7 heteroatoms. The van der Waals surface area contributed by atoms with Crippen molar-refractivity contribution >= 4 is 5.91 Å². The molecule has 2 aromatic heterocycles. The zero-order valence-electron chi connectivity index (χ0n) is 14.3. The largest absolute Gasteiger partial charge is 0.381 e. The second-order valence-electron chi connectivity index (χ2n) is 6.24. The molecule has 0 unspecified atom stereocenters. The summed E-state index contributed by atoms with van der Waals surface area (Å²) >= 11 is 0. The van der Waals surface area contributed by atoms with Crippen molar-refractivity contribution in [2.24, 2.45) is 13.0 Å². The molecule has 1 aliphatic rings. The average molecular weight is 329 g/mol. The van der Waals surface area contributed by atoms with Crippen molar-refractivity contribution < 1.29 is 9.53 Å². The number of hydrogen-bond donors (Lipinski definition) is 1. The molecule has 1 amide bonds. The van der Waals surface area contributed by atoms with Gasteiger partial charge in [-0.2, -0.15) is 0 Å². The van der Waals surface area contributed by atoms with Gasteiger partial charge < -0.3 is 14.6 Å². The highest BCUT2D eigenvalue weighted by Gasteiger charge is 2.30. The summed E-state index contributed by atoms with van der Waals surface area (Å²) < 4.78 is 7.41. The van der Waals surface area contributed by atoms with Crippen LogP contribution in [0.3, 0.4) is 0 Å². The zero-order valence-corrected chi connectivity index (χ0v) is 14.3. The van der Waals surface area contributed by atoms with Gasteiger partial charge >= 0.3 is 0 Å². The van der Waals surface area contributed by atoms with E-state index in [-0.39, 0.29) is 11.9 Å². The van der Waals surface area contributed by atoms with Crippen molar-refractivity contribution in [3.8, 4) is 0 Å². The van der Waals surface area contributed by atoms with Crippen LogP contribution < -0.4 is 5.32 Å². The Morgan fingerprint density at radius 2 is 2.08 bits per heavy atom. The van der Waals surface area contributed by atoms with Gasteiger partial charge in [-0.05, 0) is 38.7 Å². The van der Waals surface area contributed by atoms with Gasteiger partial charge in [0.25, 0.3) is 5.91 Å². The molecule has 1 aliphatic heterocycles. The number of ether oxygens (including phenoxy) is 1. The molecule has 0 bridgehead atoms. The molecular weight excluding hydrogens is 306 g/mol. The van der Waals surface area contributed by atoms with Gasteiger partial charge in [-0.15, -0.1) is 0 Å². The Balaban J connectivity index is 1.85. The van der Waals surface area contributed by atoms with E-state index < -0.39 is 0 Å². The Morgan fingerprint density at radius 1 is 1.33 bits per heavy atom. The van der Waals surface area contributed by atoms with E-state index in [4.69, 9.17) is 4.74 Å². The molecule has 3 heterocycles. The van der Waals surface area contributed by atoms with Crippen molar-refractivity contribution in [2.75, 3.05) is 13.2 Å². The number of carbonyl (C=O) groups is 1. The summed E-state index contributed by atoms with van der Waals surface area (Å²) in [5.41, 5.74) is 1.18. The first kappa shape index (κ1) is 16.6. The van der Waals surface area contributed by atoms with Crippen LogP contribution in [0.25, 0.3) is 0 Å². The standard InChI is InChI=1S/C17H23N5O2/c1-11-10-14(20-12(2)19-11)17(23)21-15(13-4-8-24-9-5-13)16-18-6-7-22(16)3/h6-7,10,13,15H,4-5,8-9H2,1-3H3,(H,21,23)/t15-/m0/s1.